The Balaban J connectivity index is 2.79. The Labute approximate surface area is 113 Å². The lowest BCUT2D eigenvalue weighted by atomic mass is 10.2. The average molecular weight is 316 g/mol. The Morgan fingerprint density at radius 3 is 2.78 bits per heavy atom. The van der Waals surface area contributed by atoms with Crippen LogP contribution in [0.5, 0.6) is 0 Å². The van der Waals surface area contributed by atoms with Crippen LogP contribution in [0.3, 0.4) is 0 Å². The lowest BCUT2D eigenvalue weighted by Gasteiger charge is -2.15. The molecule has 0 aliphatic heterocycles. The first kappa shape index (κ1) is 14.4. The first-order chi connectivity index (χ1) is 8.45. The van der Waals surface area contributed by atoms with Crippen molar-refractivity contribution in [1.82, 2.24) is 9.88 Å². The number of pyridine rings is 1. The minimum absolute atomic E-state index is 0.0131. The molecule has 1 heterocycles. The van der Waals surface area contributed by atoms with E-state index in [0.717, 1.165) is 0 Å². The van der Waals surface area contributed by atoms with Crippen LogP contribution in [0.25, 0.3) is 0 Å². The monoisotopic (exact) mass is 315 g/mol. The lowest BCUT2D eigenvalue weighted by Crippen LogP contribution is -2.32. The number of carbonyl (C=O) groups is 2. The van der Waals surface area contributed by atoms with Crippen molar-refractivity contribution in [1.29, 1.82) is 0 Å². The maximum absolute atomic E-state index is 11.6. The van der Waals surface area contributed by atoms with Gasteiger partial charge in [0.1, 0.15) is 11.4 Å². The van der Waals surface area contributed by atoms with Crippen molar-refractivity contribution in [2.45, 2.75) is 6.92 Å². The molecule has 0 bridgehead atoms. The summed E-state index contributed by atoms with van der Waals surface area (Å²) in [6.45, 7) is 2.47. The summed E-state index contributed by atoms with van der Waals surface area (Å²) >= 11 is 3.15. The predicted octanol–water partition coefficient (Wildman–Crippen LogP) is 1.43. The highest BCUT2D eigenvalue weighted by Gasteiger charge is 2.14. The van der Waals surface area contributed by atoms with E-state index in [1.807, 2.05) is 6.92 Å². The molecule has 0 spiro atoms. The van der Waals surface area contributed by atoms with Crippen molar-refractivity contribution in [3.05, 3.63) is 22.3 Å². The van der Waals surface area contributed by atoms with Crippen LogP contribution in [0.4, 0.5) is 5.82 Å². The van der Waals surface area contributed by atoms with Gasteiger partial charge in [-0.25, -0.2) is 9.78 Å². The first-order valence-corrected chi connectivity index (χ1v) is 6.11. The number of likely N-dealkylation sites (N-methyl/N-ethyl adjacent to an activating group) is 1. The molecular formula is C11H14BrN3O3. The number of nitrogens with one attached hydrogen (secondary N) is 1. The van der Waals surface area contributed by atoms with Gasteiger partial charge in [-0.1, -0.05) is 0 Å². The highest BCUT2D eigenvalue weighted by Crippen LogP contribution is 2.17. The van der Waals surface area contributed by atoms with Crippen LogP contribution < -0.4 is 5.32 Å². The summed E-state index contributed by atoms with van der Waals surface area (Å²) in [6.07, 6.45) is 1.47. The number of aromatic nitrogens is 1. The molecule has 0 aliphatic carbocycles. The Morgan fingerprint density at radius 2 is 2.22 bits per heavy atom. The second-order valence-electron chi connectivity index (χ2n) is 3.62. The first-order valence-electron chi connectivity index (χ1n) is 5.32. The molecule has 98 valence electrons. The Kier molecular flexibility index (Phi) is 5.08. The van der Waals surface area contributed by atoms with Gasteiger partial charge in [0.05, 0.1) is 6.54 Å². The largest absolute Gasteiger partial charge is 0.478 e. The number of carboxylic acids is 1. The van der Waals surface area contributed by atoms with E-state index in [1.54, 1.807) is 7.05 Å². The van der Waals surface area contributed by atoms with E-state index in [1.165, 1.54) is 17.2 Å². The molecule has 6 nitrogen and oxygen atoms in total. The third-order valence-electron chi connectivity index (χ3n) is 2.39. The van der Waals surface area contributed by atoms with Gasteiger partial charge in [-0.05, 0) is 28.9 Å². The van der Waals surface area contributed by atoms with Crippen LogP contribution in [0.15, 0.2) is 16.7 Å². The zero-order valence-corrected chi connectivity index (χ0v) is 11.7. The van der Waals surface area contributed by atoms with Crippen molar-refractivity contribution in [2.24, 2.45) is 0 Å². The molecule has 0 fully saturated rings. The third-order valence-corrected chi connectivity index (χ3v) is 2.83. The summed E-state index contributed by atoms with van der Waals surface area (Å²) in [5, 5.41) is 11.7. The molecule has 1 rings (SSSR count). The Hall–Kier alpha value is -1.63. The number of carboxylic acid groups (broad SMARTS) is 1. The summed E-state index contributed by atoms with van der Waals surface area (Å²) in [7, 11) is 1.68. The predicted molar refractivity (Wildman–Crippen MR) is 70.7 cm³/mol. The van der Waals surface area contributed by atoms with Gasteiger partial charge in [0.25, 0.3) is 0 Å². The summed E-state index contributed by atoms with van der Waals surface area (Å²) in [5.74, 6) is -1.04. The molecule has 2 N–H and O–H groups in total. The molecule has 0 unspecified atom stereocenters. The minimum atomic E-state index is -1.09. The number of halogens is 1. The van der Waals surface area contributed by atoms with Gasteiger partial charge in [-0.15, -0.1) is 0 Å². The molecule has 0 aromatic carbocycles. The third kappa shape index (κ3) is 3.69. The summed E-state index contributed by atoms with van der Waals surface area (Å²) in [4.78, 5) is 28.1. The van der Waals surface area contributed by atoms with Gasteiger partial charge >= 0.3 is 5.97 Å². The number of nitrogens with zero attached hydrogens (tertiary/aromatic N) is 2. The van der Waals surface area contributed by atoms with Gasteiger partial charge in [0, 0.05) is 24.3 Å². The summed E-state index contributed by atoms with van der Waals surface area (Å²) in [6, 6.07) is 1.44. The summed E-state index contributed by atoms with van der Waals surface area (Å²) in [5.41, 5.74) is 0.0244. The van der Waals surface area contributed by atoms with Crippen LogP contribution in [0.1, 0.15) is 17.3 Å². The van der Waals surface area contributed by atoms with Gasteiger partial charge in [0.2, 0.25) is 5.91 Å². The quantitative estimate of drug-likeness (QED) is 0.859. The molecule has 1 aromatic heterocycles. The van der Waals surface area contributed by atoms with Crippen LogP contribution >= 0.6 is 15.9 Å². The van der Waals surface area contributed by atoms with Gasteiger partial charge < -0.3 is 15.3 Å². The highest BCUT2D eigenvalue weighted by atomic mass is 79.9. The normalized spacial score (nSPS) is 9.94. The van der Waals surface area contributed by atoms with Gasteiger partial charge in [-0.3, -0.25) is 4.79 Å². The molecule has 0 radical (unpaired) electrons. The van der Waals surface area contributed by atoms with E-state index in [9.17, 15) is 9.59 Å². The standard InChI is InChI=1S/C11H14BrN3O3/c1-3-15(2)9(16)6-14-10-8(11(17)18)4-7(12)5-13-10/h4-5H,3,6H2,1-2H3,(H,13,14)(H,17,18). The van der Waals surface area contributed by atoms with Crippen molar-refractivity contribution in [2.75, 3.05) is 25.5 Å². The van der Waals surface area contributed by atoms with E-state index >= 15 is 0 Å². The van der Waals surface area contributed by atoms with Gasteiger partial charge in [0.15, 0.2) is 0 Å². The van der Waals surface area contributed by atoms with E-state index in [-0.39, 0.29) is 23.8 Å². The molecule has 0 saturated carbocycles. The fourth-order valence-corrected chi connectivity index (χ4v) is 1.55. The zero-order valence-electron chi connectivity index (χ0n) is 10.1. The van der Waals surface area contributed by atoms with Crippen LogP contribution in [0, 0.1) is 0 Å². The average Bonchev–Trinajstić information content (AvgIpc) is 2.35. The smallest absolute Gasteiger partial charge is 0.339 e. The molecule has 1 aromatic rings. The van der Waals surface area contributed by atoms with Crippen LogP contribution in [-0.2, 0) is 4.79 Å². The molecule has 18 heavy (non-hydrogen) atoms. The highest BCUT2D eigenvalue weighted by molar-refractivity contribution is 9.10. The minimum Gasteiger partial charge on any atom is -0.478 e. The van der Waals surface area contributed by atoms with Crippen LogP contribution in [-0.4, -0.2) is 47.0 Å². The molecule has 0 saturated heterocycles. The molecular weight excluding hydrogens is 302 g/mol. The van der Waals surface area contributed by atoms with Crippen molar-refractivity contribution >= 4 is 33.6 Å². The molecule has 7 heteroatoms. The van der Waals surface area contributed by atoms with Crippen molar-refractivity contribution in [3.63, 3.8) is 0 Å². The second kappa shape index (κ2) is 6.34. The molecule has 0 aliphatic rings. The Bertz CT molecular complexity index is 465. The van der Waals surface area contributed by atoms with E-state index in [2.05, 4.69) is 26.2 Å². The van der Waals surface area contributed by atoms with Crippen molar-refractivity contribution < 1.29 is 14.7 Å². The molecule has 0 atom stereocenters. The maximum Gasteiger partial charge on any atom is 0.339 e. The fraction of sp³-hybridized carbons (Fsp3) is 0.364. The summed E-state index contributed by atoms with van der Waals surface area (Å²) < 4.78 is 0.572. The van der Waals surface area contributed by atoms with E-state index < -0.39 is 5.97 Å². The number of carbonyl (C=O) groups excluding carboxylic acids is 1. The zero-order chi connectivity index (χ0) is 13.7. The van der Waals surface area contributed by atoms with E-state index in [4.69, 9.17) is 5.11 Å². The SMILES string of the molecule is CCN(C)C(=O)CNc1ncc(Br)cc1C(=O)O. The number of hydrogen-bond donors (Lipinski definition) is 2. The lowest BCUT2D eigenvalue weighted by molar-refractivity contribution is -0.127. The number of anilines is 1. The van der Waals surface area contributed by atoms with Crippen LogP contribution in [0.2, 0.25) is 0 Å². The number of aromatic carboxylic acids is 1. The fourth-order valence-electron chi connectivity index (χ4n) is 1.21. The topological polar surface area (TPSA) is 82.5 Å². The van der Waals surface area contributed by atoms with Gasteiger partial charge in [-0.2, -0.15) is 0 Å². The number of hydrogen-bond acceptors (Lipinski definition) is 4. The number of amides is 1. The number of rotatable bonds is 5. The van der Waals surface area contributed by atoms with E-state index in [0.29, 0.717) is 11.0 Å². The second-order valence-corrected chi connectivity index (χ2v) is 4.53. The van der Waals surface area contributed by atoms with Crippen molar-refractivity contribution in [3.8, 4) is 0 Å². The Morgan fingerprint density at radius 1 is 1.56 bits per heavy atom. The maximum atomic E-state index is 11.6. The molecule has 1 amide bonds.